The molecule has 0 atom stereocenters. The van der Waals surface area contributed by atoms with E-state index in [0.717, 1.165) is 17.1 Å². The van der Waals surface area contributed by atoms with Crippen molar-refractivity contribution in [3.8, 4) is 17.2 Å². The molecule has 0 aliphatic heterocycles. The molecule has 0 saturated carbocycles. The largest absolute Gasteiger partial charge is 0.496 e. The first-order valence-corrected chi connectivity index (χ1v) is 5.43. The van der Waals surface area contributed by atoms with E-state index in [-0.39, 0.29) is 0 Å². The van der Waals surface area contributed by atoms with E-state index >= 15 is 0 Å². The minimum atomic E-state index is 0.436. The normalized spacial score (nSPS) is 10.2. The molecule has 2 aromatic carbocycles. The number of hydrogen-bond acceptors (Lipinski definition) is 4. The van der Waals surface area contributed by atoms with Gasteiger partial charge in [0.1, 0.15) is 17.2 Å². The third kappa shape index (κ3) is 1.76. The summed E-state index contributed by atoms with van der Waals surface area (Å²) in [7, 11) is 4.67. The van der Waals surface area contributed by atoms with E-state index in [1.165, 1.54) is 7.11 Å². The zero-order valence-corrected chi connectivity index (χ0v) is 10.5. The first-order valence-electron chi connectivity index (χ1n) is 5.43. The number of fused-ring (bicyclic) bond motifs is 1. The minimum absolute atomic E-state index is 0.436. The molecule has 0 bridgehead atoms. The minimum Gasteiger partial charge on any atom is -0.496 e. The Morgan fingerprint density at radius 1 is 1.00 bits per heavy atom. The average molecular weight is 246 g/mol. The van der Waals surface area contributed by atoms with E-state index in [1.807, 2.05) is 18.2 Å². The maximum atomic E-state index is 11.1. The highest BCUT2D eigenvalue weighted by Gasteiger charge is 2.16. The maximum Gasteiger partial charge on any atom is 0.153 e. The van der Waals surface area contributed by atoms with Gasteiger partial charge in [-0.2, -0.15) is 0 Å². The molecule has 4 nitrogen and oxygen atoms in total. The lowest BCUT2D eigenvalue weighted by atomic mass is 10.0. The van der Waals surface area contributed by atoms with Crippen LogP contribution in [0.2, 0.25) is 0 Å². The summed E-state index contributed by atoms with van der Waals surface area (Å²) in [4.78, 5) is 11.1. The average Bonchev–Trinajstić information content (AvgIpc) is 2.44. The van der Waals surface area contributed by atoms with Crippen LogP contribution in [0.15, 0.2) is 24.3 Å². The molecule has 0 unspecified atom stereocenters. The summed E-state index contributed by atoms with van der Waals surface area (Å²) < 4.78 is 15.9. The second-order valence-corrected chi connectivity index (χ2v) is 3.70. The van der Waals surface area contributed by atoms with Crippen molar-refractivity contribution in [3.63, 3.8) is 0 Å². The lowest BCUT2D eigenvalue weighted by Gasteiger charge is -2.14. The molecule has 2 rings (SSSR count). The van der Waals surface area contributed by atoms with Crippen LogP contribution < -0.4 is 14.2 Å². The van der Waals surface area contributed by atoms with E-state index in [4.69, 9.17) is 14.2 Å². The van der Waals surface area contributed by atoms with Gasteiger partial charge in [-0.15, -0.1) is 0 Å². The molecular weight excluding hydrogens is 232 g/mol. The van der Waals surface area contributed by atoms with Crippen molar-refractivity contribution in [1.29, 1.82) is 0 Å². The van der Waals surface area contributed by atoms with Crippen molar-refractivity contribution in [2.24, 2.45) is 0 Å². The highest BCUT2D eigenvalue weighted by atomic mass is 16.5. The van der Waals surface area contributed by atoms with Gasteiger partial charge in [0.15, 0.2) is 6.29 Å². The van der Waals surface area contributed by atoms with Gasteiger partial charge in [0.2, 0.25) is 0 Å². The van der Waals surface area contributed by atoms with Crippen LogP contribution in [0, 0.1) is 0 Å². The number of aldehydes is 1. The molecule has 0 aromatic heterocycles. The SMILES string of the molecule is COc1cc(C=O)c(OC)c2c(OC)cccc12. The molecule has 4 heteroatoms. The Balaban J connectivity index is 2.95. The topological polar surface area (TPSA) is 44.8 Å². The fraction of sp³-hybridized carbons (Fsp3) is 0.214. The number of hydrogen-bond donors (Lipinski definition) is 0. The quantitative estimate of drug-likeness (QED) is 0.778. The molecule has 0 spiro atoms. The fourth-order valence-electron chi connectivity index (χ4n) is 2.05. The smallest absolute Gasteiger partial charge is 0.153 e. The molecule has 0 amide bonds. The van der Waals surface area contributed by atoms with E-state index in [2.05, 4.69) is 0 Å². The van der Waals surface area contributed by atoms with E-state index < -0.39 is 0 Å². The highest BCUT2D eigenvalue weighted by Crippen LogP contribution is 2.41. The zero-order chi connectivity index (χ0) is 13.1. The number of carbonyl (C=O) groups excluding carboxylic acids is 1. The number of benzene rings is 2. The molecule has 0 heterocycles. The van der Waals surface area contributed by atoms with Crippen LogP contribution in [0.4, 0.5) is 0 Å². The van der Waals surface area contributed by atoms with Crippen LogP contribution in [0.1, 0.15) is 10.4 Å². The number of methoxy groups -OCH3 is 3. The van der Waals surface area contributed by atoms with Crippen molar-refractivity contribution in [2.45, 2.75) is 0 Å². The van der Waals surface area contributed by atoms with Crippen LogP contribution in [0.5, 0.6) is 17.2 Å². The third-order valence-corrected chi connectivity index (χ3v) is 2.84. The number of rotatable bonds is 4. The van der Waals surface area contributed by atoms with Crippen LogP contribution >= 0.6 is 0 Å². The Bertz CT molecular complexity index is 590. The van der Waals surface area contributed by atoms with Crippen LogP contribution in [-0.4, -0.2) is 27.6 Å². The van der Waals surface area contributed by atoms with Crippen molar-refractivity contribution in [3.05, 3.63) is 29.8 Å². The first kappa shape index (κ1) is 12.2. The second kappa shape index (κ2) is 4.96. The monoisotopic (exact) mass is 246 g/mol. The van der Waals surface area contributed by atoms with Gasteiger partial charge >= 0.3 is 0 Å². The molecule has 0 saturated heterocycles. The van der Waals surface area contributed by atoms with Crippen molar-refractivity contribution < 1.29 is 19.0 Å². The molecule has 0 fully saturated rings. The van der Waals surface area contributed by atoms with Gasteiger partial charge in [0, 0.05) is 5.39 Å². The van der Waals surface area contributed by atoms with E-state index in [0.29, 0.717) is 22.8 Å². The second-order valence-electron chi connectivity index (χ2n) is 3.70. The van der Waals surface area contributed by atoms with Crippen molar-refractivity contribution >= 4 is 17.1 Å². The van der Waals surface area contributed by atoms with Crippen LogP contribution in [-0.2, 0) is 0 Å². The van der Waals surface area contributed by atoms with E-state index in [1.54, 1.807) is 20.3 Å². The van der Waals surface area contributed by atoms with Gasteiger partial charge in [0.05, 0.1) is 32.3 Å². The Kier molecular flexibility index (Phi) is 3.37. The Morgan fingerprint density at radius 3 is 2.28 bits per heavy atom. The van der Waals surface area contributed by atoms with E-state index in [9.17, 15) is 4.79 Å². The fourth-order valence-corrected chi connectivity index (χ4v) is 2.05. The number of ether oxygens (including phenoxy) is 3. The molecule has 0 aliphatic carbocycles. The standard InChI is InChI=1S/C14H14O4/c1-16-11-6-4-5-10-12(17-2)7-9(8-15)14(18-3)13(10)11/h4-8H,1-3H3. The van der Waals surface area contributed by atoms with Gasteiger partial charge in [-0.05, 0) is 12.1 Å². The maximum absolute atomic E-state index is 11.1. The molecule has 0 radical (unpaired) electrons. The summed E-state index contributed by atoms with van der Waals surface area (Å²) in [6, 6.07) is 7.24. The summed E-state index contributed by atoms with van der Waals surface area (Å²) in [5.41, 5.74) is 0.436. The van der Waals surface area contributed by atoms with Gasteiger partial charge in [-0.3, -0.25) is 4.79 Å². The van der Waals surface area contributed by atoms with Gasteiger partial charge in [-0.25, -0.2) is 0 Å². The van der Waals surface area contributed by atoms with Crippen LogP contribution in [0.25, 0.3) is 10.8 Å². The van der Waals surface area contributed by atoms with Gasteiger partial charge < -0.3 is 14.2 Å². The zero-order valence-electron chi connectivity index (χ0n) is 10.5. The Morgan fingerprint density at radius 2 is 1.72 bits per heavy atom. The lowest BCUT2D eigenvalue weighted by Crippen LogP contribution is -1.97. The Labute approximate surface area is 105 Å². The van der Waals surface area contributed by atoms with Gasteiger partial charge in [-0.1, -0.05) is 12.1 Å². The molecule has 94 valence electrons. The lowest BCUT2D eigenvalue weighted by molar-refractivity contribution is 0.112. The molecule has 2 aromatic rings. The number of carbonyl (C=O) groups is 1. The summed E-state index contributed by atoms with van der Waals surface area (Å²) in [5.74, 6) is 1.76. The predicted molar refractivity (Wildman–Crippen MR) is 69.0 cm³/mol. The third-order valence-electron chi connectivity index (χ3n) is 2.84. The van der Waals surface area contributed by atoms with Gasteiger partial charge in [0.25, 0.3) is 0 Å². The summed E-state index contributed by atoms with van der Waals surface area (Å²) in [6.45, 7) is 0. The van der Waals surface area contributed by atoms with Crippen LogP contribution in [0.3, 0.4) is 0 Å². The highest BCUT2D eigenvalue weighted by molar-refractivity contribution is 6.03. The first-order chi connectivity index (χ1) is 8.76. The molecular formula is C14H14O4. The summed E-state index contributed by atoms with van der Waals surface area (Å²) >= 11 is 0. The Hall–Kier alpha value is -2.23. The van der Waals surface area contributed by atoms with Crippen molar-refractivity contribution in [2.75, 3.05) is 21.3 Å². The summed E-state index contributed by atoms with van der Waals surface area (Å²) in [6.07, 6.45) is 0.743. The molecule has 0 N–H and O–H groups in total. The molecule has 0 aliphatic rings. The predicted octanol–water partition coefficient (Wildman–Crippen LogP) is 2.68. The summed E-state index contributed by atoms with van der Waals surface area (Å²) in [5, 5.41) is 1.59. The van der Waals surface area contributed by atoms with Crippen molar-refractivity contribution in [1.82, 2.24) is 0 Å². The molecule has 18 heavy (non-hydrogen) atoms.